The summed E-state index contributed by atoms with van der Waals surface area (Å²) in [6.07, 6.45) is 3.34. The summed E-state index contributed by atoms with van der Waals surface area (Å²) in [5, 5.41) is 3.01. The van der Waals surface area contributed by atoms with E-state index in [9.17, 15) is 9.59 Å². The van der Waals surface area contributed by atoms with E-state index < -0.39 is 0 Å². The number of benzene rings is 1. The minimum absolute atomic E-state index is 0.0765. The summed E-state index contributed by atoms with van der Waals surface area (Å²) in [6.45, 7) is 11.7. The highest BCUT2D eigenvalue weighted by Crippen LogP contribution is 2.31. The number of rotatable bonds is 4. The summed E-state index contributed by atoms with van der Waals surface area (Å²) >= 11 is 0. The predicted octanol–water partition coefficient (Wildman–Crippen LogP) is 3.28. The monoisotopic (exact) mass is 385 g/mol. The van der Waals surface area contributed by atoms with Crippen molar-refractivity contribution in [1.82, 2.24) is 10.2 Å². The van der Waals surface area contributed by atoms with Crippen LogP contribution in [0.4, 0.5) is 5.69 Å². The third-order valence-electron chi connectivity index (χ3n) is 6.39. The third-order valence-corrected chi connectivity index (χ3v) is 6.39. The average molecular weight is 386 g/mol. The number of nitrogens with one attached hydrogen (secondary N) is 1. The van der Waals surface area contributed by atoms with E-state index in [1.165, 1.54) is 16.8 Å². The normalized spacial score (nSPS) is 23.0. The molecule has 28 heavy (non-hydrogen) atoms. The minimum atomic E-state index is 0.0765. The lowest BCUT2D eigenvalue weighted by Gasteiger charge is -2.39. The van der Waals surface area contributed by atoms with E-state index in [0.717, 1.165) is 51.9 Å². The van der Waals surface area contributed by atoms with Gasteiger partial charge >= 0.3 is 0 Å². The van der Waals surface area contributed by atoms with Crippen LogP contribution in [0.3, 0.4) is 0 Å². The van der Waals surface area contributed by atoms with Gasteiger partial charge in [0.15, 0.2) is 0 Å². The van der Waals surface area contributed by atoms with Crippen molar-refractivity contribution >= 4 is 17.5 Å². The van der Waals surface area contributed by atoms with Gasteiger partial charge in [-0.15, -0.1) is 0 Å². The van der Waals surface area contributed by atoms with Gasteiger partial charge in [-0.1, -0.05) is 12.1 Å². The highest BCUT2D eigenvalue weighted by Gasteiger charge is 2.33. The smallest absolute Gasteiger partial charge is 0.225 e. The van der Waals surface area contributed by atoms with E-state index in [1.54, 1.807) is 0 Å². The van der Waals surface area contributed by atoms with Crippen LogP contribution < -0.4 is 10.2 Å². The van der Waals surface area contributed by atoms with Crippen LogP contribution in [0, 0.1) is 25.7 Å². The van der Waals surface area contributed by atoms with E-state index >= 15 is 0 Å². The van der Waals surface area contributed by atoms with Crippen molar-refractivity contribution in [3.63, 3.8) is 0 Å². The van der Waals surface area contributed by atoms with E-state index in [2.05, 4.69) is 42.3 Å². The van der Waals surface area contributed by atoms with Crippen LogP contribution in [-0.4, -0.2) is 48.9 Å². The van der Waals surface area contributed by atoms with Crippen molar-refractivity contribution in [2.24, 2.45) is 11.8 Å². The fourth-order valence-electron chi connectivity index (χ4n) is 4.51. The summed E-state index contributed by atoms with van der Waals surface area (Å²) in [5.74, 6) is 0.620. The Hall–Kier alpha value is -2.04. The Kier molecular flexibility index (Phi) is 6.63. The zero-order chi connectivity index (χ0) is 20.3. The number of nitrogens with zero attached hydrogens (tertiary/aromatic N) is 2. The van der Waals surface area contributed by atoms with Crippen molar-refractivity contribution in [3.8, 4) is 0 Å². The number of piperazine rings is 1. The van der Waals surface area contributed by atoms with Gasteiger partial charge in [-0.3, -0.25) is 9.59 Å². The molecule has 5 nitrogen and oxygen atoms in total. The Balaban J connectivity index is 1.49. The largest absolute Gasteiger partial charge is 0.368 e. The maximum atomic E-state index is 13.0. The molecule has 0 radical (unpaired) electrons. The fourth-order valence-corrected chi connectivity index (χ4v) is 4.51. The number of carbonyl (C=O) groups excluding carboxylic acids is 2. The number of hydrogen-bond donors (Lipinski definition) is 1. The highest BCUT2D eigenvalue weighted by molar-refractivity contribution is 5.81. The van der Waals surface area contributed by atoms with Gasteiger partial charge in [-0.2, -0.15) is 0 Å². The second-order valence-electron chi connectivity index (χ2n) is 8.74. The topological polar surface area (TPSA) is 52.7 Å². The SMILES string of the molecule is Cc1cccc(N2CCN(C(=O)C3CCC(C(=O)NC(C)C)CC3)CC2)c1C. The molecule has 1 N–H and O–H groups in total. The summed E-state index contributed by atoms with van der Waals surface area (Å²) in [5.41, 5.74) is 3.94. The standard InChI is InChI=1S/C23H35N3O2/c1-16(2)24-22(27)19-8-10-20(11-9-19)23(28)26-14-12-25(13-15-26)21-7-5-6-17(3)18(21)4/h5-7,16,19-20H,8-15H2,1-4H3,(H,24,27). The molecule has 1 aromatic rings. The molecule has 1 saturated carbocycles. The van der Waals surface area contributed by atoms with Crippen LogP contribution in [0.2, 0.25) is 0 Å². The molecule has 2 fully saturated rings. The molecule has 154 valence electrons. The van der Waals surface area contributed by atoms with Gasteiger partial charge < -0.3 is 15.1 Å². The van der Waals surface area contributed by atoms with Gasteiger partial charge in [0.1, 0.15) is 0 Å². The maximum Gasteiger partial charge on any atom is 0.225 e. The fraction of sp³-hybridized carbons (Fsp3) is 0.652. The van der Waals surface area contributed by atoms with E-state index in [4.69, 9.17) is 0 Å². The van der Waals surface area contributed by atoms with Crippen LogP contribution in [0.25, 0.3) is 0 Å². The molecule has 0 unspecified atom stereocenters. The summed E-state index contributed by atoms with van der Waals surface area (Å²) < 4.78 is 0. The Morgan fingerprint density at radius 3 is 2.18 bits per heavy atom. The molecule has 3 rings (SSSR count). The van der Waals surface area contributed by atoms with Gasteiger partial charge in [-0.25, -0.2) is 0 Å². The number of aryl methyl sites for hydroxylation is 1. The maximum absolute atomic E-state index is 13.0. The van der Waals surface area contributed by atoms with E-state index in [-0.39, 0.29) is 23.8 Å². The highest BCUT2D eigenvalue weighted by atomic mass is 16.2. The number of anilines is 1. The van der Waals surface area contributed by atoms with Crippen LogP contribution in [-0.2, 0) is 9.59 Å². The first-order valence-electron chi connectivity index (χ1n) is 10.8. The quantitative estimate of drug-likeness (QED) is 0.865. The molecule has 1 aromatic carbocycles. The van der Waals surface area contributed by atoms with Crippen molar-refractivity contribution in [3.05, 3.63) is 29.3 Å². The summed E-state index contributed by atoms with van der Waals surface area (Å²) in [7, 11) is 0. The minimum Gasteiger partial charge on any atom is -0.368 e. The zero-order valence-corrected chi connectivity index (χ0v) is 17.8. The number of hydrogen-bond acceptors (Lipinski definition) is 3. The first-order valence-corrected chi connectivity index (χ1v) is 10.8. The second-order valence-corrected chi connectivity index (χ2v) is 8.74. The van der Waals surface area contributed by atoms with Crippen LogP contribution in [0.5, 0.6) is 0 Å². The summed E-state index contributed by atoms with van der Waals surface area (Å²) in [6, 6.07) is 6.63. The van der Waals surface area contributed by atoms with Crippen molar-refractivity contribution in [1.29, 1.82) is 0 Å². The molecule has 5 heteroatoms. The molecule has 2 aliphatic rings. The molecule has 0 bridgehead atoms. The van der Waals surface area contributed by atoms with Crippen molar-refractivity contribution in [2.75, 3.05) is 31.1 Å². The molecule has 1 aliphatic carbocycles. The molecule has 0 spiro atoms. The lowest BCUT2D eigenvalue weighted by atomic mass is 9.80. The first kappa shape index (κ1) is 20.7. The molecule has 0 atom stereocenters. The number of amides is 2. The van der Waals surface area contributed by atoms with Gasteiger partial charge in [-0.05, 0) is 70.6 Å². The molecule has 0 aromatic heterocycles. The Morgan fingerprint density at radius 1 is 0.964 bits per heavy atom. The van der Waals surface area contributed by atoms with Crippen LogP contribution >= 0.6 is 0 Å². The lowest BCUT2D eigenvalue weighted by Crippen LogP contribution is -2.51. The number of carbonyl (C=O) groups is 2. The zero-order valence-electron chi connectivity index (χ0n) is 17.8. The van der Waals surface area contributed by atoms with Gasteiger partial charge in [0.2, 0.25) is 11.8 Å². The molecular formula is C23H35N3O2. The van der Waals surface area contributed by atoms with Crippen molar-refractivity contribution < 1.29 is 9.59 Å². The average Bonchev–Trinajstić information content (AvgIpc) is 2.69. The molecule has 1 aliphatic heterocycles. The first-order chi connectivity index (χ1) is 13.4. The van der Waals surface area contributed by atoms with Gasteiger partial charge in [0.25, 0.3) is 0 Å². The molecule has 1 heterocycles. The second kappa shape index (κ2) is 8.97. The predicted molar refractivity (Wildman–Crippen MR) is 113 cm³/mol. The molecular weight excluding hydrogens is 350 g/mol. The lowest BCUT2D eigenvalue weighted by molar-refractivity contribution is -0.138. The van der Waals surface area contributed by atoms with Gasteiger partial charge in [0.05, 0.1) is 0 Å². The van der Waals surface area contributed by atoms with Crippen LogP contribution in [0.15, 0.2) is 18.2 Å². The molecule has 1 saturated heterocycles. The Bertz CT molecular complexity index is 700. The third kappa shape index (κ3) is 4.68. The molecule has 2 amide bonds. The van der Waals surface area contributed by atoms with Gasteiger partial charge in [0, 0.05) is 49.7 Å². The van der Waals surface area contributed by atoms with Crippen LogP contribution in [0.1, 0.15) is 50.7 Å². The van der Waals surface area contributed by atoms with Crippen molar-refractivity contribution in [2.45, 2.75) is 59.4 Å². The van der Waals surface area contributed by atoms with E-state index in [1.807, 2.05) is 18.7 Å². The Labute approximate surface area is 169 Å². The Morgan fingerprint density at radius 2 is 1.57 bits per heavy atom. The van der Waals surface area contributed by atoms with E-state index in [0.29, 0.717) is 5.91 Å². The summed E-state index contributed by atoms with van der Waals surface area (Å²) in [4.78, 5) is 29.6.